The number of rotatable bonds is 4. The van der Waals surface area contributed by atoms with Gasteiger partial charge in [-0.3, -0.25) is 9.59 Å². The van der Waals surface area contributed by atoms with Gasteiger partial charge in [-0.2, -0.15) is 0 Å². The van der Waals surface area contributed by atoms with Crippen molar-refractivity contribution in [3.63, 3.8) is 0 Å². The third kappa shape index (κ3) is 3.63. The highest BCUT2D eigenvalue weighted by molar-refractivity contribution is 5.78. The molecule has 2 heterocycles. The Balaban J connectivity index is 1.88. The fourth-order valence-corrected chi connectivity index (χ4v) is 3.55. The Labute approximate surface area is 144 Å². The lowest BCUT2D eigenvalue weighted by Gasteiger charge is -2.25. The van der Waals surface area contributed by atoms with Crippen molar-refractivity contribution in [1.29, 1.82) is 0 Å². The summed E-state index contributed by atoms with van der Waals surface area (Å²) in [6, 6.07) is 6.56. The first-order valence-corrected chi connectivity index (χ1v) is 9.02. The van der Waals surface area contributed by atoms with Crippen molar-refractivity contribution in [1.82, 2.24) is 9.80 Å². The number of likely N-dealkylation sites (tertiary alicyclic amines) is 2. The smallest absolute Gasteiger partial charge is 0.222 e. The summed E-state index contributed by atoms with van der Waals surface area (Å²) in [7, 11) is 0. The first-order chi connectivity index (χ1) is 11.3. The highest BCUT2D eigenvalue weighted by Gasteiger charge is 2.25. The zero-order valence-electron chi connectivity index (χ0n) is 15.1. The fourth-order valence-electron chi connectivity index (χ4n) is 3.55. The molecule has 1 aromatic rings. The highest BCUT2D eigenvalue weighted by atomic mass is 16.2. The van der Waals surface area contributed by atoms with Gasteiger partial charge in [0.05, 0.1) is 0 Å². The summed E-state index contributed by atoms with van der Waals surface area (Å²) in [5, 5.41) is 0. The number of nitrogens with zero attached hydrogens (tertiary/aromatic N) is 2. The van der Waals surface area contributed by atoms with E-state index in [-0.39, 0.29) is 17.2 Å². The van der Waals surface area contributed by atoms with Gasteiger partial charge in [0.25, 0.3) is 0 Å². The van der Waals surface area contributed by atoms with Crippen molar-refractivity contribution in [2.75, 3.05) is 13.1 Å². The Bertz CT molecular complexity index is 646. The molecule has 0 N–H and O–H groups in total. The molecule has 24 heavy (non-hydrogen) atoms. The third-order valence-corrected chi connectivity index (χ3v) is 5.14. The van der Waals surface area contributed by atoms with Crippen LogP contribution in [0, 0.1) is 0 Å². The Morgan fingerprint density at radius 2 is 1.42 bits per heavy atom. The molecule has 0 atom stereocenters. The first kappa shape index (κ1) is 17.0. The van der Waals surface area contributed by atoms with Crippen molar-refractivity contribution in [3.8, 4) is 0 Å². The van der Waals surface area contributed by atoms with Crippen LogP contribution in [0.5, 0.6) is 0 Å². The van der Waals surface area contributed by atoms with Crippen LogP contribution >= 0.6 is 0 Å². The van der Waals surface area contributed by atoms with Crippen LogP contribution in [-0.2, 0) is 28.1 Å². The molecule has 0 bridgehead atoms. The van der Waals surface area contributed by atoms with Crippen LogP contribution in [-0.4, -0.2) is 34.7 Å². The van der Waals surface area contributed by atoms with Gasteiger partial charge in [-0.1, -0.05) is 39.0 Å². The van der Waals surface area contributed by atoms with Crippen LogP contribution in [0.4, 0.5) is 0 Å². The number of carbonyl (C=O) groups excluding carboxylic acids is 2. The Hall–Kier alpha value is -1.84. The maximum atomic E-state index is 12.0. The van der Waals surface area contributed by atoms with Crippen molar-refractivity contribution in [2.45, 2.75) is 65.0 Å². The maximum absolute atomic E-state index is 12.0. The van der Waals surface area contributed by atoms with Crippen LogP contribution in [0.15, 0.2) is 18.2 Å². The minimum atomic E-state index is 0.0752. The SMILES string of the molecule is CC(C)(C)c1ccc(CN2CCCC2=O)c(CN2CCCC2=O)c1. The van der Waals surface area contributed by atoms with Gasteiger partial charge in [0, 0.05) is 39.0 Å². The number of amides is 2. The molecule has 130 valence electrons. The third-order valence-electron chi connectivity index (χ3n) is 5.14. The number of carbonyl (C=O) groups is 2. The normalized spacial score (nSPS) is 18.8. The summed E-state index contributed by atoms with van der Waals surface area (Å²) in [4.78, 5) is 27.9. The summed E-state index contributed by atoms with van der Waals surface area (Å²) >= 11 is 0. The van der Waals surface area contributed by atoms with Crippen LogP contribution in [0.1, 0.15) is 63.1 Å². The van der Waals surface area contributed by atoms with Crippen molar-refractivity contribution in [2.24, 2.45) is 0 Å². The Morgan fingerprint density at radius 3 is 1.88 bits per heavy atom. The van der Waals surface area contributed by atoms with Gasteiger partial charge >= 0.3 is 0 Å². The lowest BCUT2D eigenvalue weighted by Crippen LogP contribution is -2.28. The van der Waals surface area contributed by atoms with Gasteiger partial charge in [-0.15, -0.1) is 0 Å². The van der Waals surface area contributed by atoms with Crippen molar-refractivity contribution in [3.05, 3.63) is 34.9 Å². The zero-order chi connectivity index (χ0) is 17.3. The molecule has 2 fully saturated rings. The molecule has 0 saturated carbocycles. The van der Waals surface area contributed by atoms with Crippen LogP contribution in [0.2, 0.25) is 0 Å². The van der Waals surface area contributed by atoms with Crippen molar-refractivity contribution >= 4 is 11.8 Å². The number of hydrogen-bond acceptors (Lipinski definition) is 2. The van der Waals surface area contributed by atoms with Crippen LogP contribution in [0.25, 0.3) is 0 Å². The molecule has 2 saturated heterocycles. The van der Waals surface area contributed by atoms with E-state index in [1.165, 1.54) is 16.7 Å². The molecule has 2 aliphatic heterocycles. The average Bonchev–Trinajstić information content (AvgIpc) is 3.09. The number of hydrogen-bond donors (Lipinski definition) is 0. The van der Waals surface area contributed by atoms with Crippen molar-refractivity contribution < 1.29 is 9.59 Å². The van der Waals surface area contributed by atoms with E-state index >= 15 is 0 Å². The van der Waals surface area contributed by atoms with E-state index in [4.69, 9.17) is 0 Å². The second kappa shape index (κ2) is 6.58. The lowest BCUT2D eigenvalue weighted by molar-refractivity contribution is -0.129. The minimum Gasteiger partial charge on any atom is -0.338 e. The summed E-state index contributed by atoms with van der Waals surface area (Å²) in [5.41, 5.74) is 3.72. The predicted octanol–water partition coefficient (Wildman–Crippen LogP) is 3.23. The monoisotopic (exact) mass is 328 g/mol. The second-order valence-electron chi connectivity index (χ2n) is 8.07. The molecular formula is C20H28N2O2. The molecule has 2 aliphatic rings. The summed E-state index contributed by atoms with van der Waals surface area (Å²) in [6.45, 7) is 9.65. The predicted molar refractivity (Wildman–Crippen MR) is 94.4 cm³/mol. The van der Waals surface area contributed by atoms with E-state index in [0.29, 0.717) is 25.9 Å². The fraction of sp³-hybridized carbons (Fsp3) is 0.600. The quantitative estimate of drug-likeness (QED) is 0.851. The lowest BCUT2D eigenvalue weighted by atomic mass is 9.85. The first-order valence-electron chi connectivity index (χ1n) is 9.02. The zero-order valence-corrected chi connectivity index (χ0v) is 15.1. The molecule has 4 heteroatoms. The molecule has 4 nitrogen and oxygen atoms in total. The van der Waals surface area contributed by atoms with E-state index < -0.39 is 0 Å². The molecule has 2 amide bonds. The Kier molecular flexibility index (Phi) is 4.66. The molecular weight excluding hydrogens is 300 g/mol. The van der Waals surface area contributed by atoms with E-state index in [2.05, 4.69) is 39.0 Å². The maximum Gasteiger partial charge on any atom is 0.222 e. The van der Waals surface area contributed by atoms with Gasteiger partial charge in [0.1, 0.15) is 0 Å². The molecule has 0 aliphatic carbocycles. The largest absolute Gasteiger partial charge is 0.338 e. The second-order valence-corrected chi connectivity index (χ2v) is 8.07. The van der Waals surface area contributed by atoms with E-state index in [1.54, 1.807) is 0 Å². The van der Waals surface area contributed by atoms with Gasteiger partial charge in [-0.05, 0) is 34.9 Å². The van der Waals surface area contributed by atoms with Gasteiger partial charge in [-0.25, -0.2) is 0 Å². The summed E-state index contributed by atoms with van der Waals surface area (Å²) < 4.78 is 0. The molecule has 0 radical (unpaired) electrons. The summed E-state index contributed by atoms with van der Waals surface area (Å²) in [5.74, 6) is 0.498. The van der Waals surface area contributed by atoms with Crippen LogP contribution in [0.3, 0.4) is 0 Å². The Morgan fingerprint density at radius 1 is 0.875 bits per heavy atom. The van der Waals surface area contributed by atoms with Gasteiger partial charge < -0.3 is 9.80 Å². The molecule has 3 rings (SSSR count). The van der Waals surface area contributed by atoms with E-state index in [1.807, 2.05) is 9.80 Å². The highest BCUT2D eigenvalue weighted by Crippen LogP contribution is 2.27. The molecule has 0 spiro atoms. The topological polar surface area (TPSA) is 40.6 Å². The minimum absolute atomic E-state index is 0.0752. The molecule has 1 aromatic carbocycles. The van der Waals surface area contributed by atoms with Gasteiger partial charge in [0.15, 0.2) is 0 Å². The number of benzene rings is 1. The standard InChI is InChI=1S/C20H28N2O2/c1-20(2,3)17-9-8-15(13-21-10-4-6-18(21)23)16(12-17)14-22-11-5-7-19(22)24/h8-9,12H,4-7,10-11,13-14H2,1-3H3. The average molecular weight is 328 g/mol. The molecule has 0 unspecified atom stereocenters. The van der Waals surface area contributed by atoms with Gasteiger partial charge in [0.2, 0.25) is 11.8 Å². The van der Waals surface area contributed by atoms with E-state index in [0.717, 1.165) is 25.9 Å². The molecule has 0 aromatic heterocycles. The van der Waals surface area contributed by atoms with E-state index in [9.17, 15) is 9.59 Å². The summed E-state index contributed by atoms with van der Waals surface area (Å²) in [6.07, 6.45) is 3.25. The van der Waals surface area contributed by atoms with Crippen LogP contribution < -0.4 is 0 Å².